The summed E-state index contributed by atoms with van der Waals surface area (Å²) in [5.41, 5.74) is 0. The van der Waals surface area contributed by atoms with Crippen LogP contribution in [0.15, 0.2) is 0 Å². The first kappa shape index (κ1) is 6.54. The first-order valence-electron chi connectivity index (χ1n) is 1.21. The number of hydrogen-bond acceptors (Lipinski definition) is 4. The predicted molar refractivity (Wildman–Crippen MR) is 19.2 cm³/mol. The third-order valence-electron chi connectivity index (χ3n) is 0.164. The van der Waals surface area contributed by atoms with Crippen LogP contribution >= 0.6 is 0 Å². The van der Waals surface area contributed by atoms with Crippen LogP contribution in [-0.2, 0) is 20.9 Å². The number of hydrogen-bond donors (Lipinski definition) is 1. The molecule has 5 nitrogen and oxygen atoms in total. The van der Waals surface area contributed by atoms with Gasteiger partial charge in [-0.05, 0) is 0 Å². The van der Waals surface area contributed by atoms with E-state index in [0.717, 1.165) is 0 Å². The summed E-state index contributed by atoms with van der Waals surface area (Å²) in [7, 11) is 0. The van der Waals surface area contributed by atoms with Gasteiger partial charge in [-0.2, -0.15) is 0 Å². The van der Waals surface area contributed by atoms with E-state index in [1.54, 1.807) is 0 Å². The second-order valence-electron chi connectivity index (χ2n) is 0.532. The van der Waals surface area contributed by atoms with E-state index in [1.165, 1.54) is 4.89 Å². The van der Waals surface area contributed by atoms with Crippen molar-refractivity contribution >= 4 is 17.7 Å². The fourth-order valence-corrected chi connectivity index (χ4v) is 0.177. The van der Waals surface area contributed by atoms with Crippen LogP contribution in [0.2, 0.25) is 0 Å². The average Bonchev–Trinajstić information content (AvgIpc) is 1.61. The van der Waals surface area contributed by atoms with Gasteiger partial charge in [0.05, 0.1) is 11.3 Å². The molecule has 1 unspecified atom stereocenters. The summed E-state index contributed by atoms with van der Waals surface area (Å²) in [6.45, 7) is -0.0319. The number of rotatable bonds is 3. The van der Waals surface area contributed by atoms with E-state index in [-0.39, 0.29) is 6.47 Å². The Kier molecular flexibility index (Phi) is 3.48. The lowest BCUT2D eigenvalue weighted by Crippen LogP contribution is -2.15. The summed E-state index contributed by atoms with van der Waals surface area (Å²) < 4.78 is 18.7. The maximum atomic E-state index is 9.36. The first-order valence-corrected chi connectivity index (χ1v) is 2.29. The molecule has 0 bridgehead atoms. The van der Waals surface area contributed by atoms with Crippen LogP contribution in [0.25, 0.3) is 0 Å². The van der Waals surface area contributed by atoms with E-state index in [4.69, 9.17) is 4.79 Å². The van der Waals surface area contributed by atoms with Crippen molar-refractivity contribution < 1.29 is 18.4 Å². The molecule has 0 aliphatic carbocycles. The molecule has 7 heavy (non-hydrogen) atoms. The maximum absolute atomic E-state index is 9.36. The highest BCUT2D eigenvalue weighted by atomic mass is 32.2. The van der Waals surface area contributed by atoms with Crippen LogP contribution in [0.1, 0.15) is 0 Å². The van der Waals surface area contributed by atoms with Gasteiger partial charge in [-0.25, -0.2) is 0 Å². The Morgan fingerprint density at radius 3 is 2.57 bits per heavy atom. The van der Waals surface area contributed by atoms with Crippen molar-refractivity contribution in [1.82, 2.24) is 4.89 Å². The summed E-state index contributed by atoms with van der Waals surface area (Å²) in [5, 5.41) is 0. The molecule has 0 fully saturated rings. The van der Waals surface area contributed by atoms with E-state index in [2.05, 4.69) is 4.84 Å². The lowest BCUT2D eigenvalue weighted by atomic mass is 11.6. The highest BCUT2D eigenvalue weighted by molar-refractivity contribution is 7.76. The van der Waals surface area contributed by atoms with Gasteiger partial charge in [0.1, 0.15) is 0 Å². The Labute approximate surface area is 42.0 Å². The molecule has 0 aromatic carbocycles. The van der Waals surface area contributed by atoms with Crippen molar-refractivity contribution in [3.63, 3.8) is 0 Å². The molecule has 0 saturated carbocycles. The van der Waals surface area contributed by atoms with Crippen LogP contribution < -0.4 is 4.89 Å². The molecule has 0 rings (SSSR count). The zero-order valence-corrected chi connectivity index (χ0v) is 3.94. The summed E-state index contributed by atoms with van der Waals surface area (Å²) >= 11 is -2.52. The molecule has 0 heterocycles. The summed E-state index contributed by atoms with van der Waals surface area (Å²) in [5.74, 6) is 0. The minimum absolute atomic E-state index is 0.0319. The molecule has 0 spiro atoms. The predicted octanol–water partition coefficient (Wildman–Crippen LogP) is -1.54. The fourth-order valence-electron chi connectivity index (χ4n) is 0.0589. The lowest BCUT2D eigenvalue weighted by molar-refractivity contribution is -0.131. The van der Waals surface area contributed by atoms with Crippen LogP contribution in [0, 0.1) is 0 Å². The molecule has 0 aliphatic heterocycles. The molecular formula is CH2NO4S-. The molecule has 1 N–H and O–H groups in total. The zero-order chi connectivity index (χ0) is 5.70. The summed E-state index contributed by atoms with van der Waals surface area (Å²) in [4.78, 5) is 14.0. The second kappa shape index (κ2) is 3.72. The van der Waals surface area contributed by atoms with Gasteiger partial charge in [0, 0.05) is 0 Å². The zero-order valence-electron chi connectivity index (χ0n) is 3.12. The number of carbonyl (C=O) groups is 1. The third kappa shape index (κ3) is 5.54. The Morgan fingerprint density at radius 2 is 2.43 bits per heavy atom. The fraction of sp³-hybridized carbons (Fsp3) is 0. The molecule has 42 valence electrons. The Balaban J connectivity index is 2.97. The molecule has 6 heteroatoms. The monoisotopic (exact) mass is 124 g/mol. The van der Waals surface area contributed by atoms with E-state index in [0.29, 0.717) is 0 Å². The highest BCUT2D eigenvalue weighted by Gasteiger charge is 1.73. The summed E-state index contributed by atoms with van der Waals surface area (Å²) in [6.07, 6.45) is 0. The van der Waals surface area contributed by atoms with Gasteiger partial charge >= 0.3 is 6.47 Å². The first-order chi connectivity index (χ1) is 3.27. The molecule has 1 atom stereocenters. The normalized spacial score (nSPS) is 12.7. The van der Waals surface area contributed by atoms with Gasteiger partial charge < -0.3 is 9.39 Å². The standard InChI is InChI=1S/CH3NO4S/c3-1-6-2-7(4)5/h1-2H,(H,4,5)/p-1. The van der Waals surface area contributed by atoms with E-state index >= 15 is 0 Å². The smallest absolute Gasteiger partial charge is 0.313 e. The van der Waals surface area contributed by atoms with Crippen molar-refractivity contribution in [2.75, 3.05) is 0 Å². The lowest BCUT2D eigenvalue weighted by Gasteiger charge is -2.00. The van der Waals surface area contributed by atoms with Crippen molar-refractivity contribution in [3.05, 3.63) is 0 Å². The minimum Gasteiger partial charge on any atom is -0.758 e. The Morgan fingerprint density at radius 1 is 1.86 bits per heavy atom. The minimum atomic E-state index is -2.52. The Hall–Kier alpha value is -0.460. The molecule has 0 amide bonds. The van der Waals surface area contributed by atoms with E-state index in [1.807, 2.05) is 0 Å². The SMILES string of the molecule is O=CONS(=O)[O-]. The van der Waals surface area contributed by atoms with E-state index < -0.39 is 11.3 Å². The topological polar surface area (TPSA) is 78.5 Å². The maximum Gasteiger partial charge on any atom is 0.313 e. The summed E-state index contributed by atoms with van der Waals surface area (Å²) in [6, 6.07) is 0. The van der Waals surface area contributed by atoms with Gasteiger partial charge in [0.25, 0.3) is 0 Å². The second-order valence-corrected chi connectivity index (χ2v) is 1.17. The number of carbonyl (C=O) groups excluding carboxylic acids is 1. The third-order valence-corrected chi connectivity index (χ3v) is 0.397. The average molecular weight is 124 g/mol. The van der Waals surface area contributed by atoms with Crippen LogP contribution in [0.3, 0.4) is 0 Å². The molecule has 0 radical (unpaired) electrons. The van der Waals surface area contributed by atoms with Crippen molar-refractivity contribution in [2.45, 2.75) is 0 Å². The number of nitrogens with one attached hydrogen (secondary N) is 1. The molecule has 0 aromatic rings. The molecule has 0 aliphatic rings. The van der Waals surface area contributed by atoms with Gasteiger partial charge in [0.15, 0.2) is 0 Å². The van der Waals surface area contributed by atoms with Crippen LogP contribution in [-0.4, -0.2) is 15.2 Å². The Bertz CT molecular complexity index is 81.8. The van der Waals surface area contributed by atoms with Gasteiger partial charge in [0.2, 0.25) is 0 Å². The van der Waals surface area contributed by atoms with Gasteiger partial charge in [-0.3, -0.25) is 9.00 Å². The van der Waals surface area contributed by atoms with Crippen molar-refractivity contribution in [3.8, 4) is 0 Å². The van der Waals surface area contributed by atoms with Crippen molar-refractivity contribution in [1.29, 1.82) is 0 Å². The van der Waals surface area contributed by atoms with E-state index in [9.17, 15) is 8.76 Å². The highest BCUT2D eigenvalue weighted by Crippen LogP contribution is 1.57. The van der Waals surface area contributed by atoms with Gasteiger partial charge in [-0.1, -0.05) is 4.89 Å². The van der Waals surface area contributed by atoms with Crippen molar-refractivity contribution in [2.24, 2.45) is 0 Å². The quantitative estimate of drug-likeness (QED) is 0.281. The molecule has 0 aromatic heterocycles. The molecule has 0 saturated heterocycles. The van der Waals surface area contributed by atoms with Crippen LogP contribution in [0.5, 0.6) is 0 Å². The van der Waals surface area contributed by atoms with Crippen LogP contribution in [0.4, 0.5) is 0 Å². The largest absolute Gasteiger partial charge is 0.758 e. The van der Waals surface area contributed by atoms with Gasteiger partial charge in [-0.15, -0.1) is 0 Å². The molecular weight excluding hydrogens is 122 g/mol.